The lowest BCUT2D eigenvalue weighted by Gasteiger charge is -2.36. The van der Waals surface area contributed by atoms with Gasteiger partial charge in [0, 0.05) is 16.9 Å². The second-order valence-electron chi connectivity index (χ2n) is 5.99. The number of carbonyl (C=O) groups excluding carboxylic acids is 2. The fourth-order valence-electron chi connectivity index (χ4n) is 1.39. The molecule has 0 heterocycles. The molecule has 1 aromatic carbocycles. The molecule has 0 radical (unpaired) electrons. The minimum Gasteiger partial charge on any atom is -0.453 e. The van der Waals surface area contributed by atoms with Crippen LogP contribution in [0.25, 0.3) is 0 Å². The van der Waals surface area contributed by atoms with Crippen molar-refractivity contribution in [2.45, 2.75) is 33.2 Å². The van der Waals surface area contributed by atoms with E-state index in [0.29, 0.717) is 11.4 Å². The lowest BCUT2D eigenvalue weighted by Crippen LogP contribution is -2.53. The molecule has 1 aromatic rings. The van der Waals surface area contributed by atoms with E-state index in [9.17, 15) is 9.59 Å². The van der Waals surface area contributed by atoms with Crippen molar-refractivity contribution in [1.29, 1.82) is 0 Å². The highest BCUT2D eigenvalue weighted by Crippen LogP contribution is 2.30. The Morgan fingerprint density at radius 2 is 1.43 bits per heavy atom. The molecule has 0 aromatic heterocycles. The molecule has 6 heteroatoms. The molecule has 0 spiro atoms. The Morgan fingerprint density at radius 3 is 1.81 bits per heavy atom. The number of anilines is 2. The van der Waals surface area contributed by atoms with E-state index in [-0.39, 0.29) is 5.91 Å². The van der Waals surface area contributed by atoms with Crippen molar-refractivity contribution in [1.82, 2.24) is 0 Å². The molecule has 0 unspecified atom stereocenters. The molecule has 0 bridgehead atoms. The maximum absolute atomic E-state index is 12.3. The van der Waals surface area contributed by atoms with Crippen LogP contribution in [-0.4, -0.2) is 24.6 Å². The molecule has 0 saturated heterocycles. The van der Waals surface area contributed by atoms with Crippen LogP contribution < -0.4 is 16.4 Å². The quantitative estimate of drug-likeness (QED) is 0.795. The maximum atomic E-state index is 12.3. The van der Waals surface area contributed by atoms with Gasteiger partial charge in [-0.05, 0) is 52.0 Å². The maximum Gasteiger partial charge on any atom is 0.411 e. The summed E-state index contributed by atoms with van der Waals surface area (Å²) in [7, 11) is 1.29. The van der Waals surface area contributed by atoms with Gasteiger partial charge in [-0.3, -0.25) is 10.1 Å². The third-order valence-electron chi connectivity index (χ3n) is 3.75. The van der Waals surface area contributed by atoms with E-state index in [4.69, 9.17) is 5.73 Å². The van der Waals surface area contributed by atoms with Gasteiger partial charge in [0.05, 0.1) is 12.5 Å². The second kappa shape index (κ2) is 6.13. The van der Waals surface area contributed by atoms with Crippen LogP contribution in [0.1, 0.15) is 27.7 Å². The van der Waals surface area contributed by atoms with E-state index in [1.54, 1.807) is 38.1 Å². The number of carbonyl (C=O) groups is 2. The van der Waals surface area contributed by atoms with Crippen LogP contribution in [0.5, 0.6) is 0 Å². The molecule has 0 saturated carbocycles. The number of nitrogens with one attached hydrogen (secondary N) is 2. The highest BCUT2D eigenvalue weighted by atomic mass is 16.5. The number of ether oxygens (including phenoxy) is 1. The van der Waals surface area contributed by atoms with Crippen molar-refractivity contribution in [3.8, 4) is 0 Å². The number of nitrogens with two attached hydrogens (primary N) is 1. The molecule has 0 aliphatic carbocycles. The zero-order valence-electron chi connectivity index (χ0n) is 13.1. The molecule has 0 aliphatic rings. The van der Waals surface area contributed by atoms with E-state index < -0.39 is 17.0 Å². The van der Waals surface area contributed by atoms with Crippen LogP contribution in [0.3, 0.4) is 0 Å². The van der Waals surface area contributed by atoms with Gasteiger partial charge in [0.1, 0.15) is 0 Å². The van der Waals surface area contributed by atoms with Crippen LogP contribution >= 0.6 is 0 Å². The summed E-state index contributed by atoms with van der Waals surface area (Å²) in [5, 5.41) is 5.35. The zero-order valence-corrected chi connectivity index (χ0v) is 13.1. The van der Waals surface area contributed by atoms with Gasteiger partial charge in [-0.2, -0.15) is 0 Å². The van der Waals surface area contributed by atoms with Crippen molar-refractivity contribution < 1.29 is 14.3 Å². The van der Waals surface area contributed by atoms with Gasteiger partial charge in [-0.15, -0.1) is 0 Å². The molecule has 0 fully saturated rings. The number of benzene rings is 1. The number of methoxy groups -OCH3 is 1. The summed E-state index contributed by atoms with van der Waals surface area (Å²) in [4.78, 5) is 23.4. The summed E-state index contributed by atoms with van der Waals surface area (Å²) >= 11 is 0. The Balaban J connectivity index is 2.76. The van der Waals surface area contributed by atoms with E-state index in [2.05, 4.69) is 15.4 Å². The van der Waals surface area contributed by atoms with Crippen molar-refractivity contribution in [2.24, 2.45) is 11.1 Å². The van der Waals surface area contributed by atoms with Crippen LogP contribution in [-0.2, 0) is 9.53 Å². The highest BCUT2D eigenvalue weighted by Gasteiger charge is 2.40. The minimum absolute atomic E-state index is 0.163. The van der Waals surface area contributed by atoms with Gasteiger partial charge < -0.3 is 15.8 Å². The van der Waals surface area contributed by atoms with Crippen molar-refractivity contribution in [3.63, 3.8) is 0 Å². The summed E-state index contributed by atoms with van der Waals surface area (Å²) in [6.45, 7) is 7.23. The predicted octanol–water partition coefficient (Wildman–Crippen LogP) is 2.57. The fraction of sp³-hybridized carbons (Fsp3) is 0.467. The van der Waals surface area contributed by atoms with Gasteiger partial charge >= 0.3 is 6.09 Å². The van der Waals surface area contributed by atoms with E-state index >= 15 is 0 Å². The number of rotatable bonds is 4. The second-order valence-corrected chi connectivity index (χ2v) is 5.99. The average Bonchev–Trinajstić information content (AvgIpc) is 2.39. The molecule has 1 rings (SSSR count). The van der Waals surface area contributed by atoms with E-state index in [0.717, 1.165) is 0 Å². The topological polar surface area (TPSA) is 93.5 Å². The smallest absolute Gasteiger partial charge is 0.411 e. The molecular formula is C15H23N3O3. The molecular weight excluding hydrogens is 270 g/mol. The third kappa shape index (κ3) is 4.19. The monoisotopic (exact) mass is 293 g/mol. The van der Waals surface area contributed by atoms with Crippen LogP contribution in [0, 0.1) is 5.41 Å². The molecule has 4 N–H and O–H groups in total. The largest absolute Gasteiger partial charge is 0.453 e. The summed E-state index contributed by atoms with van der Waals surface area (Å²) < 4.78 is 4.50. The Hall–Kier alpha value is -2.08. The first-order chi connectivity index (χ1) is 9.57. The van der Waals surface area contributed by atoms with E-state index in [1.807, 2.05) is 13.8 Å². The Labute approximate surface area is 125 Å². The third-order valence-corrected chi connectivity index (χ3v) is 3.75. The first-order valence-corrected chi connectivity index (χ1v) is 6.63. The van der Waals surface area contributed by atoms with Gasteiger partial charge in [0.15, 0.2) is 0 Å². The first kappa shape index (κ1) is 17.0. The predicted molar refractivity (Wildman–Crippen MR) is 83.1 cm³/mol. The lowest BCUT2D eigenvalue weighted by atomic mass is 9.74. The van der Waals surface area contributed by atoms with Gasteiger partial charge in [0.25, 0.3) is 0 Å². The lowest BCUT2D eigenvalue weighted by molar-refractivity contribution is -0.126. The molecule has 2 amide bonds. The molecule has 0 atom stereocenters. The summed E-state index contributed by atoms with van der Waals surface area (Å²) in [6, 6.07) is 6.74. The molecule has 21 heavy (non-hydrogen) atoms. The van der Waals surface area contributed by atoms with Gasteiger partial charge in [0.2, 0.25) is 5.91 Å². The first-order valence-electron chi connectivity index (χ1n) is 6.63. The fourth-order valence-corrected chi connectivity index (χ4v) is 1.39. The van der Waals surface area contributed by atoms with Crippen LogP contribution in [0.4, 0.5) is 16.2 Å². The SMILES string of the molecule is COC(=O)Nc1ccc(NC(=O)C(C)(C)C(C)(C)N)cc1. The average molecular weight is 293 g/mol. The Bertz CT molecular complexity index is 516. The van der Waals surface area contributed by atoms with Crippen molar-refractivity contribution >= 4 is 23.4 Å². The number of hydrogen-bond donors (Lipinski definition) is 3. The van der Waals surface area contributed by atoms with Gasteiger partial charge in [-0.25, -0.2) is 4.79 Å². The number of amides is 2. The normalized spacial score (nSPS) is 11.7. The Morgan fingerprint density at radius 1 is 1.00 bits per heavy atom. The van der Waals surface area contributed by atoms with Crippen LogP contribution in [0.2, 0.25) is 0 Å². The molecule has 116 valence electrons. The summed E-state index contributed by atoms with van der Waals surface area (Å²) in [6.07, 6.45) is -0.544. The number of hydrogen-bond acceptors (Lipinski definition) is 4. The summed E-state index contributed by atoms with van der Waals surface area (Å²) in [5.74, 6) is -0.163. The Kier molecular flexibility index (Phi) is 4.96. The molecule has 6 nitrogen and oxygen atoms in total. The van der Waals surface area contributed by atoms with Gasteiger partial charge in [-0.1, -0.05) is 0 Å². The summed E-state index contributed by atoms with van der Waals surface area (Å²) in [5.41, 5.74) is 5.88. The minimum atomic E-state index is -0.726. The van der Waals surface area contributed by atoms with Crippen molar-refractivity contribution in [2.75, 3.05) is 17.7 Å². The van der Waals surface area contributed by atoms with Crippen molar-refractivity contribution in [3.05, 3.63) is 24.3 Å². The zero-order chi connectivity index (χ0) is 16.3. The highest BCUT2D eigenvalue weighted by molar-refractivity contribution is 5.96. The molecule has 0 aliphatic heterocycles. The standard InChI is InChI=1S/C15H23N3O3/c1-14(2,15(3,4)16)12(19)17-10-6-8-11(9-7-10)18-13(20)21-5/h6-9H,16H2,1-5H3,(H,17,19)(H,18,20). The van der Waals surface area contributed by atoms with E-state index in [1.165, 1.54) is 7.11 Å². The van der Waals surface area contributed by atoms with Crippen LogP contribution in [0.15, 0.2) is 24.3 Å².